The Labute approximate surface area is 83.9 Å². The minimum atomic E-state index is 0.367. The standard InChI is InChI=1S/C10H15N3O/c1-8-5-11-10(12-6-8)13-3-4-14-7-9(13)2/h5-6,9H,3-4,7H2,1-2H3. The molecule has 14 heavy (non-hydrogen) atoms. The molecule has 0 N–H and O–H groups in total. The van der Waals surface area contributed by atoms with Crippen LogP contribution in [-0.4, -0.2) is 35.8 Å². The van der Waals surface area contributed by atoms with Gasteiger partial charge in [-0.1, -0.05) is 0 Å². The molecule has 1 aliphatic rings. The average Bonchev–Trinajstić information content (AvgIpc) is 2.20. The highest BCUT2D eigenvalue weighted by atomic mass is 16.5. The highest BCUT2D eigenvalue weighted by molar-refractivity contribution is 5.31. The van der Waals surface area contributed by atoms with Crippen LogP contribution in [-0.2, 0) is 4.74 Å². The maximum Gasteiger partial charge on any atom is 0.225 e. The summed E-state index contributed by atoms with van der Waals surface area (Å²) in [7, 11) is 0. The van der Waals surface area contributed by atoms with E-state index < -0.39 is 0 Å². The van der Waals surface area contributed by atoms with Gasteiger partial charge in [0.2, 0.25) is 5.95 Å². The number of ether oxygens (including phenoxy) is 1. The zero-order valence-corrected chi connectivity index (χ0v) is 8.60. The molecular formula is C10H15N3O. The van der Waals surface area contributed by atoms with Crippen molar-refractivity contribution in [3.05, 3.63) is 18.0 Å². The largest absolute Gasteiger partial charge is 0.377 e. The normalized spacial score (nSPS) is 22.4. The Morgan fingerprint density at radius 2 is 2.14 bits per heavy atom. The first-order valence-corrected chi connectivity index (χ1v) is 4.90. The van der Waals surface area contributed by atoms with E-state index in [4.69, 9.17) is 4.74 Å². The fraction of sp³-hybridized carbons (Fsp3) is 0.600. The second-order valence-electron chi connectivity index (χ2n) is 3.68. The molecule has 1 atom stereocenters. The summed E-state index contributed by atoms with van der Waals surface area (Å²) in [5.41, 5.74) is 1.09. The molecular weight excluding hydrogens is 178 g/mol. The lowest BCUT2D eigenvalue weighted by atomic mass is 10.3. The van der Waals surface area contributed by atoms with Crippen molar-refractivity contribution in [1.82, 2.24) is 9.97 Å². The molecule has 0 bridgehead atoms. The summed E-state index contributed by atoms with van der Waals surface area (Å²) in [6, 6.07) is 0.367. The number of hydrogen-bond donors (Lipinski definition) is 0. The van der Waals surface area contributed by atoms with E-state index in [0.29, 0.717) is 6.04 Å². The second kappa shape index (κ2) is 3.92. The summed E-state index contributed by atoms with van der Waals surface area (Å²) in [5.74, 6) is 0.811. The van der Waals surface area contributed by atoms with Gasteiger partial charge in [0.1, 0.15) is 0 Å². The maximum absolute atomic E-state index is 5.36. The third-order valence-corrected chi connectivity index (χ3v) is 2.39. The van der Waals surface area contributed by atoms with Gasteiger partial charge in [0, 0.05) is 18.9 Å². The van der Waals surface area contributed by atoms with Crippen LogP contribution in [0.4, 0.5) is 5.95 Å². The molecule has 1 aliphatic heterocycles. The monoisotopic (exact) mass is 193 g/mol. The lowest BCUT2D eigenvalue weighted by molar-refractivity contribution is 0.0981. The quantitative estimate of drug-likeness (QED) is 0.667. The van der Waals surface area contributed by atoms with E-state index in [2.05, 4.69) is 21.8 Å². The third kappa shape index (κ3) is 1.85. The number of rotatable bonds is 1. The number of aryl methyl sites for hydroxylation is 1. The first kappa shape index (κ1) is 9.40. The van der Waals surface area contributed by atoms with Crippen molar-refractivity contribution in [1.29, 1.82) is 0 Å². The van der Waals surface area contributed by atoms with Crippen LogP contribution in [0, 0.1) is 6.92 Å². The molecule has 0 radical (unpaired) electrons. The van der Waals surface area contributed by atoms with Gasteiger partial charge >= 0.3 is 0 Å². The van der Waals surface area contributed by atoms with Crippen LogP contribution >= 0.6 is 0 Å². The summed E-state index contributed by atoms with van der Waals surface area (Å²) >= 11 is 0. The summed E-state index contributed by atoms with van der Waals surface area (Å²) < 4.78 is 5.36. The van der Waals surface area contributed by atoms with E-state index >= 15 is 0 Å². The Bertz CT molecular complexity index is 299. The Morgan fingerprint density at radius 3 is 2.79 bits per heavy atom. The van der Waals surface area contributed by atoms with Gasteiger partial charge in [0.05, 0.1) is 19.3 Å². The maximum atomic E-state index is 5.36. The van der Waals surface area contributed by atoms with Gasteiger partial charge in [0.25, 0.3) is 0 Å². The van der Waals surface area contributed by atoms with Crippen molar-refractivity contribution >= 4 is 5.95 Å². The van der Waals surface area contributed by atoms with Crippen molar-refractivity contribution in [2.45, 2.75) is 19.9 Å². The summed E-state index contributed by atoms with van der Waals surface area (Å²) in [6.45, 7) is 6.53. The fourth-order valence-electron chi connectivity index (χ4n) is 1.56. The van der Waals surface area contributed by atoms with Crippen LogP contribution in [0.15, 0.2) is 12.4 Å². The molecule has 1 saturated heterocycles. The van der Waals surface area contributed by atoms with Crippen LogP contribution in [0.2, 0.25) is 0 Å². The van der Waals surface area contributed by atoms with E-state index in [1.807, 2.05) is 19.3 Å². The minimum Gasteiger partial charge on any atom is -0.377 e. The van der Waals surface area contributed by atoms with Crippen LogP contribution in [0.1, 0.15) is 12.5 Å². The molecule has 0 aliphatic carbocycles. The van der Waals surface area contributed by atoms with E-state index in [1.165, 1.54) is 0 Å². The number of aromatic nitrogens is 2. The SMILES string of the molecule is Cc1cnc(N2CCOCC2C)nc1. The molecule has 2 heterocycles. The first-order valence-electron chi connectivity index (χ1n) is 4.90. The van der Waals surface area contributed by atoms with Crippen molar-refractivity contribution in [3.8, 4) is 0 Å². The summed E-state index contributed by atoms with van der Waals surface area (Å²) in [4.78, 5) is 10.8. The summed E-state index contributed by atoms with van der Waals surface area (Å²) in [5, 5.41) is 0. The Balaban J connectivity index is 2.16. The molecule has 1 fully saturated rings. The van der Waals surface area contributed by atoms with Crippen molar-refractivity contribution in [2.24, 2.45) is 0 Å². The fourth-order valence-corrected chi connectivity index (χ4v) is 1.56. The van der Waals surface area contributed by atoms with Crippen LogP contribution < -0.4 is 4.90 Å². The van der Waals surface area contributed by atoms with Gasteiger partial charge in [-0.2, -0.15) is 0 Å². The van der Waals surface area contributed by atoms with E-state index in [-0.39, 0.29) is 0 Å². The van der Waals surface area contributed by atoms with Gasteiger partial charge in [0.15, 0.2) is 0 Å². The van der Waals surface area contributed by atoms with Crippen LogP contribution in [0.5, 0.6) is 0 Å². The smallest absolute Gasteiger partial charge is 0.225 e. The number of anilines is 1. The number of nitrogens with zero attached hydrogens (tertiary/aromatic N) is 3. The van der Waals surface area contributed by atoms with Gasteiger partial charge in [-0.05, 0) is 19.4 Å². The molecule has 1 aromatic heterocycles. The number of morpholine rings is 1. The molecule has 76 valence electrons. The van der Waals surface area contributed by atoms with E-state index in [0.717, 1.165) is 31.3 Å². The van der Waals surface area contributed by atoms with Gasteiger partial charge < -0.3 is 9.64 Å². The minimum absolute atomic E-state index is 0.367. The first-order chi connectivity index (χ1) is 6.77. The molecule has 4 nitrogen and oxygen atoms in total. The lowest BCUT2D eigenvalue weighted by Crippen LogP contribution is -2.44. The van der Waals surface area contributed by atoms with Crippen molar-refractivity contribution in [3.63, 3.8) is 0 Å². The Hall–Kier alpha value is -1.16. The highest BCUT2D eigenvalue weighted by Gasteiger charge is 2.20. The Morgan fingerprint density at radius 1 is 1.43 bits per heavy atom. The molecule has 0 saturated carbocycles. The molecule has 1 aromatic rings. The van der Waals surface area contributed by atoms with E-state index in [9.17, 15) is 0 Å². The Kier molecular flexibility index (Phi) is 2.63. The predicted molar refractivity (Wildman–Crippen MR) is 54.4 cm³/mol. The van der Waals surface area contributed by atoms with Gasteiger partial charge in [-0.3, -0.25) is 0 Å². The van der Waals surface area contributed by atoms with E-state index in [1.54, 1.807) is 0 Å². The highest BCUT2D eigenvalue weighted by Crippen LogP contribution is 2.13. The molecule has 0 amide bonds. The zero-order chi connectivity index (χ0) is 9.97. The zero-order valence-electron chi connectivity index (χ0n) is 8.60. The number of hydrogen-bond acceptors (Lipinski definition) is 4. The van der Waals surface area contributed by atoms with Gasteiger partial charge in [-0.25, -0.2) is 9.97 Å². The predicted octanol–water partition coefficient (Wildman–Crippen LogP) is 1.01. The molecule has 4 heteroatoms. The summed E-state index contributed by atoms with van der Waals surface area (Å²) in [6.07, 6.45) is 3.70. The van der Waals surface area contributed by atoms with Crippen molar-refractivity contribution < 1.29 is 4.74 Å². The lowest BCUT2D eigenvalue weighted by Gasteiger charge is -2.33. The van der Waals surface area contributed by atoms with Crippen LogP contribution in [0.25, 0.3) is 0 Å². The molecule has 0 aromatic carbocycles. The average molecular weight is 193 g/mol. The second-order valence-corrected chi connectivity index (χ2v) is 3.68. The topological polar surface area (TPSA) is 38.2 Å². The third-order valence-electron chi connectivity index (χ3n) is 2.39. The van der Waals surface area contributed by atoms with Gasteiger partial charge in [-0.15, -0.1) is 0 Å². The molecule has 0 spiro atoms. The molecule has 1 unspecified atom stereocenters. The van der Waals surface area contributed by atoms with Crippen LogP contribution in [0.3, 0.4) is 0 Å². The molecule has 2 rings (SSSR count). The van der Waals surface area contributed by atoms with Crippen molar-refractivity contribution in [2.75, 3.05) is 24.7 Å².